The zero-order chi connectivity index (χ0) is 88.6. The number of benzene rings is 8. The van der Waals surface area contributed by atoms with Gasteiger partial charge in [0.25, 0.3) is 5.96 Å². The number of carbonyl (C=O) groups is 8. The predicted molar refractivity (Wildman–Crippen MR) is 483 cm³/mol. The molecule has 0 aliphatic heterocycles. The van der Waals surface area contributed by atoms with E-state index < -0.39 is 82.7 Å². The number of fused-ring (bicyclic) bond motifs is 2. The number of likely N-dealkylation sites (N-methyl/N-ethyl adjacent to an activating group) is 2. The van der Waals surface area contributed by atoms with Crippen LogP contribution in [-0.2, 0) is 110 Å². The molecule has 0 spiro atoms. The fourth-order valence-electron chi connectivity index (χ4n) is 14.5. The van der Waals surface area contributed by atoms with Gasteiger partial charge in [0.15, 0.2) is 11.0 Å². The van der Waals surface area contributed by atoms with Gasteiger partial charge in [-0.3, -0.25) is 43.3 Å². The number of nitrogens with zero attached hydrogens (tertiary/aromatic N) is 5. The number of aromatic hydroxyl groups is 2. The number of amides is 8. The number of nitrogens with one attached hydrogen (secondary N) is 9. The van der Waals surface area contributed by atoms with Crippen LogP contribution in [0.25, 0.3) is 21.8 Å². The van der Waals surface area contributed by atoms with Crippen LogP contribution in [0.4, 0.5) is 0 Å². The number of aliphatic hydroxyl groups excluding tert-OH is 1. The Morgan fingerprint density at radius 1 is 0.405 bits per heavy atom. The molecule has 10 aromatic rings. The van der Waals surface area contributed by atoms with Crippen molar-refractivity contribution in [2.75, 3.05) is 34.3 Å². The van der Waals surface area contributed by atoms with E-state index in [4.69, 9.17) is 22.3 Å². The number of hydrazine groups is 1. The average Bonchev–Trinajstić information content (AvgIpc) is 1.65. The average molecular weight is 1820 g/mol. The summed E-state index contributed by atoms with van der Waals surface area (Å²) in [6, 6.07) is 59.8. The molecule has 0 aliphatic rings. The van der Waals surface area contributed by atoms with E-state index in [1.165, 1.54) is 0 Å². The number of rotatable bonds is 43. The third-order valence-corrected chi connectivity index (χ3v) is 20.7. The van der Waals surface area contributed by atoms with Crippen LogP contribution in [0.15, 0.2) is 241 Å². The molecule has 0 fully saturated rings. The van der Waals surface area contributed by atoms with Gasteiger partial charge >= 0.3 is 0 Å². The van der Waals surface area contributed by atoms with Crippen molar-refractivity contribution in [1.82, 2.24) is 57.1 Å². The van der Waals surface area contributed by atoms with Gasteiger partial charge in [-0.1, -0.05) is 214 Å². The number of aliphatic imine (C=N–C) groups is 2. The van der Waals surface area contributed by atoms with Crippen molar-refractivity contribution in [3.63, 3.8) is 0 Å². The van der Waals surface area contributed by atoms with Crippen LogP contribution in [-0.4, -0.2) is 181 Å². The van der Waals surface area contributed by atoms with Gasteiger partial charge in [0, 0.05) is 140 Å². The van der Waals surface area contributed by atoms with E-state index in [2.05, 4.69) is 51.9 Å². The molecule has 8 atom stereocenters. The number of hydrogen-bond donors (Lipinski definition) is 15. The molecular weight excluding hydrogens is 1700 g/mol. The Morgan fingerprint density at radius 2 is 0.714 bits per heavy atom. The molecule has 0 aliphatic carbocycles. The number of phenolic OH excluding ortho intramolecular Hbond substituents is 2. The number of carbonyl (C=O) groups excluding carboxylic acids is 8. The van der Waals surface area contributed by atoms with Crippen molar-refractivity contribution < 1.29 is 90.1 Å². The van der Waals surface area contributed by atoms with E-state index in [1.807, 2.05) is 190 Å². The monoisotopic (exact) mass is 1820 g/mol. The zero-order valence-corrected chi connectivity index (χ0v) is 73.0. The molecule has 2 heterocycles. The fraction of sp³-hybridized carbons (Fsp3) is 0.333. The summed E-state index contributed by atoms with van der Waals surface area (Å²) < 4.78 is 0. The predicted octanol–water partition coefficient (Wildman–Crippen LogP) is 6.75. The van der Waals surface area contributed by atoms with Gasteiger partial charge in [-0.2, -0.15) is 0 Å². The molecule has 0 bridgehead atoms. The fourth-order valence-corrected chi connectivity index (χ4v) is 14.5. The van der Waals surface area contributed by atoms with Crippen LogP contribution in [0.5, 0.6) is 11.5 Å². The van der Waals surface area contributed by atoms with Crippen LogP contribution in [0, 0.1) is 22.0 Å². The Morgan fingerprint density at radius 3 is 1.06 bits per heavy atom. The van der Waals surface area contributed by atoms with Crippen molar-refractivity contribution in [3.05, 3.63) is 285 Å². The third-order valence-electron chi connectivity index (χ3n) is 20.7. The number of hydrogen-bond acceptors (Lipinski definition) is 15. The Hall–Kier alpha value is -13.3. The summed E-state index contributed by atoms with van der Waals surface area (Å²) in [6.45, 7) is 4.75. The normalized spacial score (nSPS) is 12.7. The van der Waals surface area contributed by atoms with Crippen molar-refractivity contribution in [1.29, 1.82) is 0 Å². The molecule has 32 nitrogen and oxygen atoms in total. The number of aliphatic hydroxyl groups is 1. The molecule has 8 aromatic carbocycles. The molecular formula is C93H119N17O15Pd. The van der Waals surface area contributed by atoms with Crippen molar-refractivity contribution in [2.45, 2.75) is 153 Å². The minimum Gasteiger partial charge on any atom is -0.508 e. The maximum absolute atomic E-state index is 14.5. The molecule has 0 saturated heterocycles. The summed E-state index contributed by atoms with van der Waals surface area (Å²) in [4.78, 5) is 143. The summed E-state index contributed by atoms with van der Waals surface area (Å²) in [7, 11) is 4.36. The molecule has 676 valence electrons. The van der Waals surface area contributed by atoms with Crippen LogP contribution in [0.3, 0.4) is 0 Å². The minimum absolute atomic E-state index is 0. The van der Waals surface area contributed by atoms with E-state index in [1.54, 1.807) is 84.0 Å². The Bertz CT molecular complexity index is 5090. The van der Waals surface area contributed by atoms with Gasteiger partial charge in [0.2, 0.25) is 47.3 Å². The summed E-state index contributed by atoms with van der Waals surface area (Å²) in [6.07, 6.45) is 8.26. The number of guanidine groups is 2. The maximum Gasteiger partial charge on any atom is 0.251 e. The summed E-state index contributed by atoms with van der Waals surface area (Å²) in [5.74, 6) is -4.89. The molecule has 8 amide bonds. The summed E-state index contributed by atoms with van der Waals surface area (Å²) in [5, 5.41) is 56.1. The second-order valence-corrected chi connectivity index (χ2v) is 30.2. The number of H-pyrrole nitrogens is 2. The Balaban J connectivity index is 0.000000429. The Kier molecular flexibility index (Phi) is 44.5. The number of nitro groups is 1. The number of aromatic nitrogens is 2. The topological polar surface area (TPSA) is 528 Å². The molecule has 0 radical (unpaired) electrons. The van der Waals surface area contributed by atoms with Crippen molar-refractivity contribution >= 4 is 81.0 Å². The first-order chi connectivity index (χ1) is 59.4. The molecule has 2 aromatic heterocycles. The standard InChI is InChI=1S/C46H55N9O7.C46H56N8O5.CH4O.2H2O.Pd/c1-3-13-34(26-32-21-23-36(56)24-22-32)42(57)51-40(27-31-14-6-4-7-15-31)44(59)50-39(20-12-25-48-46(47)53-55(61)62)43(58)52-41(28-35-29-49-38-19-11-10-18-37(35)38)45(60)54(2)30-33-16-8-5-9-17-33;1-3-13-34(26-32-21-23-36(55)24-22-32)42(56)52-40(27-31-14-6-4-7-15-31)44(58)51-39(20-12-25-49-46(47)48)43(57)53-41(28-35-29-50-38-19-11-10-18-37(35)38)45(59)54(2)30-33-16-8-5-9-17-33;1-2;;;/h4-11,14-19,21-24,29,34,39-41,49,56H,3,12-13,20,25-28,30H2,1-2H3,(H,50,59)(H,51,57)(H,52,58)(H3,47,48,53);4-11,14-19,21-24,29,34,39-41,50,55H,3,12-13,20,25-28,30H2,1-2H3,(H,51,58)(H,52,56)(H,53,57)(H4,47,48,49);2H,1H3;2*1H2;/t2*34-,39-,40+,41-;;;;/m00..../s1. The molecule has 126 heavy (non-hydrogen) atoms. The van der Waals surface area contributed by atoms with E-state index in [9.17, 15) is 58.7 Å². The van der Waals surface area contributed by atoms with E-state index >= 15 is 0 Å². The minimum atomic E-state index is -1.22. The molecule has 10 rings (SSSR count). The smallest absolute Gasteiger partial charge is 0.251 e. The summed E-state index contributed by atoms with van der Waals surface area (Å²) >= 11 is 0. The largest absolute Gasteiger partial charge is 0.508 e. The van der Waals surface area contributed by atoms with Gasteiger partial charge in [0.05, 0.1) is 0 Å². The maximum atomic E-state index is 14.5. The third kappa shape index (κ3) is 33.7. The van der Waals surface area contributed by atoms with Crippen LogP contribution in [0.2, 0.25) is 0 Å². The number of aromatic amines is 2. The first kappa shape index (κ1) is 103. The zero-order valence-electron chi connectivity index (χ0n) is 71.5. The SMILES string of the molecule is CCC[C@@H](Cc1ccc(O)cc1)C(=O)N[C@H](Cc1ccccc1)C(=O)N[C@@H](CCCN=C(N)N)C(=O)N[C@@H](Cc1c[nH]c2ccccc12)C(=O)N(C)Cc1ccccc1.CCC[C@@H](Cc1ccc(O)cc1)C(=O)N[C@H](Cc1ccccc1)C(=O)N[C@@H](CCCN=C(N)N[N+](=O)[O-])C(=O)N[C@@H](Cc1c[nH]c2ccccc12)C(=O)N(C)Cc1ccccc1.CO.O.O.[Pd]. The first-order valence-corrected chi connectivity index (χ1v) is 41.2. The second kappa shape index (κ2) is 54.3. The number of para-hydroxylation sites is 2. The quantitative estimate of drug-likeness (QED) is 0.00469. The van der Waals surface area contributed by atoms with Gasteiger partial charge in [-0.25, -0.2) is 15.1 Å². The van der Waals surface area contributed by atoms with Crippen LogP contribution >= 0.6 is 0 Å². The van der Waals surface area contributed by atoms with Gasteiger partial charge in [0.1, 0.15) is 47.8 Å². The van der Waals surface area contributed by atoms with Crippen molar-refractivity contribution in [3.8, 4) is 11.5 Å². The summed E-state index contributed by atoms with van der Waals surface area (Å²) in [5.41, 5.74) is 27.1. The molecule has 22 N–H and O–H groups in total. The van der Waals surface area contributed by atoms with E-state index in [0.29, 0.717) is 45.1 Å². The van der Waals surface area contributed by atoms with Crippen molar-refractivity contribution in [2.24, 2.45) is 39.0 Å². The Labute approximate surface area is 747 Å². The van der Waals surface area contributed by atoms with Crippen LogP contribution < -0.4 is 54.5 Å². The molecule has 33 heteroatoms. The van der Waals surface area contributed by atoms with Gasteiger partial charge in [-0.15, -0.1) is 0 Å². The number of nitrogens with two attached hydrogens (primary N) is 3. The van der Waals surface area contributed by atoms with Gasteiger partial charge < -0.3 is 95.1 Å². The van der Waals surface area contributed by atoms with E-state index in [0.717, 1.165) is 79.8 Å². The van der Waals surface area contributed by atoms with Gasteiger partial charge in [-0.05, 0) is 132 Å². The molecule has 0 saturated carbocycles. The van der Waals surface area contributed by atoms with Crippen LogP contribution in [0.1, 0.15) is 110 Å². The second-order valence-electron chi connectivity index (χ2n) is 30.2. The molecule has 0 unspecified atom stereocenters. The van der Waals surface area contributed by atoms with E-state index in [-0.39, 0.29) is 137 Å². The first-order valence-electron chi connectivity index (χ1n) is 41.2. The number of phenols is 2.